The molecule has 0 fully saturated rings. The number of aromatic amines is 2. The van der Waals surface area contributed by atoms with Crippen molar-refractivity contribution in [3.63, 3.8) is 0 Å². The molecule has 4 aromatic rings. The van der Waals surface area contributed by atoms with E-state index in [9.17, 15) is 0 Å². The summed E-state index contributed by atoms with van der Waals surface area (Å²) in [7, 11) is 0. The zero-order valence-corrected chi connectivity index (χ0v) is 11.0. The summed E-state index contributed by atoms with van der Waals surface area (Å²) in [6.45, 7) is 0. The quantitative estimate of drug-likeness (QED) is 0.537. The second-order valence-electron chi connectivity index (χ2n) is 4.66. The van der Waals surface area contributed by atoms with Crippen molar-refractivity contribution in [1.82, 2.24) is 25.4 Å². The van der Waals surface area contributed by atoms with Gasteiger partial charge in [-0.15, -0.1) is 0 Å². The van der Waals surface area contributed by atoms with E-state index in [2.05, 4.69) is 30.7 Å². The SMILES string of the molecule is c1cc(Nc2n[nH]c3ccccc23)cc(-c2ncn[nH]2)c1. The molecule has 0 atom stereocenters. The van der Waals surface area contributed by atoms with Crippen LogP contribution >= 0.6 is 0 Å². The van der Waals surface area contributed by atoms with E-state index in [1.165, 1.54) is 6.33 Å². The van der Waals surface area contributed by atoms with Gasteiger partial charge in [0, 0.05) is 16.6 Å². The molecule has 0 aliphatic heterocycles. The van der Waals surface area contributed by atoms with Crippen molar-refractivity contribution in [2.45, 2.75) is 0 Å². The van der Waals surface area contributed by atoms with Gasteiger partial charge in [0.25, 0.3) is 0 Å². The molecule has 3 N–H and O–H groups in total. The molecule has 0 aliphatic carbocycles. The van der Waals surface area contributed by atoms with Gasteiger partial charge in [0.05, 0.1) is 5.52 Å². The fourth-order valence-electron chi connectivity index (χ4n) is 2.28. The highest BCUT2D eigenvalue weighted by Crippen LogP contribution is 2.25. The topological polar surface area (TPSA) is 82.3 Å². The molecule has 2 aromatic heterocycles. The minimum absolute atomic E-state index is 0.741. The average molecular weight is 276 g/mol. The molecule has 0 saturated heterocycles. The molecule has 0 radical (unpaired) electrons. The molecule has 6 nitrogen and oxygen atoms in total. The van der Waals surface area contributed by atoms with Gasteiger partial charge in [-0.1, -0.05) is 24.3 Å². The number of hydrogen-bond donors (Lipinski definition) is 3. The van der Waals surface area contributed by atoms with Crippen LogP contribution in [0.2, 0.25) is 0 Å². The number of hydrogen-bond acceptors (Lipinski definition) is 4. The zero-order chi connectivity index (χ0) is 14.1. The lowest BCUT2D eigenvalue weighted by molar-refractivity contribution is 1.09. The Balaban J connectivity index is 1.70. The molecule has 0 saturated carbocycles. The van der Waals surface area contributed by atoms with Gasteiger partial charge in [-0.3, -0.25) is 10.2 Å². The highest BCUT2D eigenvalue weighted by molar-refractivity contribution is 5.91. The number of nitrogens with zero attached hydrogens (tertiary/aromatic N) is 3. The van der Waals surface area contributed by atoms with Crippen LogP contribution in [-0.4, -0.2) is 25.4 Å². The molecule has 4 rings (SSSR count). The Morgan fingerprint density at radius 2 is 1.90 bits per heavy atom. The Hall–Kier alpha value is -3.15. The highest BCUT2D eigenvalue weighted by atomic mass is 15.2. The van der Waals surface area contributed by atoms with Gasteiger partial charge < -0.3 is 5.32 Å². The first-order valence-electron chi connectivity index (χ1n) is 6.56. The van der Waals surface area contributed by atoms with Crippen LogP contribution < -0.4 is 5.32 Å². The minimum atomic E-state index is 0.741. The van der Waals surface area contributed by atoms with Gasteiger partial charge in [-0.2, -0.15) is 10.2 Å². The van der Waals surface area contributed by atoms with Gasteiger partial charge in [0.2, 0.25) is 0 Å². The van der Waals surface area contributed by atoms with E-state index in [0.717, 1.165) is 33.8 Å². The van der Waals surface area contributed by atoms with Gasteiger partial charge in [-0.05, 0) is 24.3 Å². The Bertz CT molecular complexity index is 878. The largest absolute Gasteiger partial charge is 0.338 e. The maximum atomic E-state index is 4.31. The molecule has 2 heterocycles. The summed E-state index contributed by atoms with van der Waals surface area (Å²) in [6.07, 6.45) is 1.50. The summed E-state index contributed by atoms with van der Waals surface area (Å²) in [5, 5.41) is 18.4. The lowest BCUT2D eigenvalue weighted by Gasteiger charge is -2.05. The Labute approximate surface area is 120 Å². The van der Waals surface area contributed by atoms with E-state index in [1.54, 1.807) is 0 Å². The van der Waals surface area contributed by atoms with E-state index in [4.69, 9.17) is 0 Å². The lowest BCUT2D eigenvalue weighted by Crippen LogP contribution is -1.92. The Kier molecular flexibility index (Phi) is 2.64. The first-order chi connectivity index (χ1) is 10.4. The molecule has 0 amide bonds. The fourth-order valence-corrected chi connectivity index (χ4v) is 2.28. The van der Waals surface area contributed by atoms with Crippen molar-refractivity contribution in [2.75, 3.05) is 5.32 Å². The summed E-state index contributed by atoms with van der Waals surface area (Å²) >= 11 is 0. The Morgan fingerprint density at radius 1 is 0.952 bits per heavy atom. The monoisotopic (exact) mass is 276 g/mol. The fraction of sp³-hybridized carbons (Fsp3) is 0. The first kappa shape index (κ1) is 11.7. The van der Waals surface area contributed by atoms with Gasteiger partial charge in [0.1, 0.15) is 6.33 Å². The predicted octanol–water partition coefficient (Wildman–Crippen LogP) is 3.09. The van der Waals surface area contributed by atoms with Crippen molar-refractivity contribution in [2.24, 2.45) is 0 Å². The van der Waals surface area contributed by atoms with Crippen LogP contribution in [0.15, 0.2) is 54.9 Å². The molecule has 0 spiro atoms. The van der Waals surface area contributed by atoms with Crippen LogP contribution in [0.5, 0.6) is 0 Å². The number of aromatic nitrogens is 5. The van der Waals surface area contributed by atoms with Crippen LogP contribution in [0, 0.1) is 0 Å². The van der Waals surface area contributed by atoms with Gasteiger partial charge >= 0.3 is 0 Å². The summed E-state index contributed by atoms with van der Waals surface area (Å²) in [4.78, 5) is 4.16. The zero-order valence-electron chi connectivity index (χ0n) is 11.0. The highest BCUT2D eigenvalue weighted by Gasteiger charge is 2.06. The van der Waals surface area contributed by atoms with Crippen molar-refractivity contribution in [3.8, 4) is 11.4 Å². The van der Waals surface area contributed by atoms with Crippen LogP contribution in [0.3, 0.4) is 0 Å². The first-order valence-corrected chi connectivity index (χ1v) is 6.56. The lowest BCUT2D eigenvalue weighted by atomic mass is 10.2. The van der Waals surface area contributed by atoms with Crippen LogP contribution in [0.4, 0.5) is 11.5 Å². The van der Waals surface area contributed by atoms with Crippen molar-refractivity contribution < 1.29 is 0 Å². The summed E-state index contributed by atoms with van der Waals surface area (Å²) in [6, 6.07) is 15.9. The number of anilines is 2. The second kappa shape index (κ2) is 4.75. The molecule has 2 aromatic carbocycles. The average Bonchev–Trinajstić information content (AvgIpc) is 3.18. The number of fused-ring (bicyclic) bond motifs is 1. The maximum absolute atomic E-state index is 4.31. The number of nitrogens with one attached hydrogen (secondary N) is 3. The third-order valence-electron chi connectivity index (χ3n) is 3.28. The molecule has 0 unspecified atom stereocenters. The molecular formula is C15H12N6. The number of rotatable bonds is 3. The summed E-state index contributed by atoms with van der Waals surface area (Å²) < 4.78 is 0. The smallest absolute Gasteiger partial charge is 0.160 e. The van der Waals surface area contributed by atoms with Crippen LogP contribution in [0.1, 0.15) is 0 Å². The van der Waals surface area contributed by atoms with E-state index in [1.807, 2.05) is 48.5 Å². The molecule has 0 bridgehead atoms. The van der Waals surface area contributed by atoms with Gasteiger partial charge in [0.15, 0.2) is 11.6 Å². The van der Waals surface area contributed by atoms with E-state index in [0.29, 0.717) is 0 Å². The predicted molar refractivity (Wildman–Crippen MR) is 81.2 cm³/mol. The van der Waals surface area contributed by atoms with E-state index in [-0.39, 0.29) is 0 Å². The molecule has 21 heavy (non-hydrogen) atoms. The standard InChI is InChI=1S/C15H12N6/c1-2-7-13-12(6-1)15(21-19-13)18-11-5-3-4-10(8-11)14-16-9-17-20-14/h1-9H,(H,16,17,20)(H2,18,19,21). The van der Waals surface area contributed by atoms with Crippen molar-refractivity contribution in [1.29, 1.82) is 0 Å². The minimum Gasteiger partial charge on any atom is -0.338 e. The summed E-state index contributed by atoms with van der Waals surface area (Å²) in [5.41, 5.74) is 2.92. The van der Waals surface area contributed by atoms with Crippen LogP contribution in [0.25, 0.3) is 22.3 Å². The number of para-hydroxylation sites is 1. The van der Waals surface area contributed by atoms with E-state index < -0.39 is 0 Å². The molecule has 102 valence electrons. The van der Waals surface area contributed by atoms with Gasteiger partial charge in [-0.25, -0.2) is 4.98 Å². The van der Waals surface area contributed by atoms with Crippen LogP contribution in [-0.2, 0) is 0 Å². The molecular weight excluding hydrogens is 264 g/mol. The number of benzene rings is 2. The molecule has 6 heteroatoms. The third-order valence-corrected chi connectivity index (χ3v) is 3.28. The summed E-state index contributed by atoms with van der Waals surface area (Å²) in [5.74, 6) is 1.55. The molecule has 0 aliphatic rings. The normalized spacial score (nSPS) is 10.9. The number of H-pyrrole nitrogens is 2. The van der Waals surface area contributed by atoms with Crippen molar-refractivity contribution >= 4 is 22.4 Å². The second-order valence-corrected chi connectivity index (χ2v) is 4.66. The maximum Gasteiger partial charge on any atom is 0.160 e. The van der Waals surface area contributed by atoms with E-state index >= 15 is 0 Å². The van der Waals surface area contributed by atoms with Crippen molar-refractivity contribution in [3.05, 3.63) is 54.9 Å². The Morgan fingerprint density at radius 3 is 2.81 bits per heavy atom. The third kappa shape index (κ3) is 2.12.